The maximum absolute atomic E-state index is 12.4. The lowest BCUT2D eigenvalue weighted by Gasteiger charge is -2.21. The molecule has 1 aliphatic carbocycles. The first kappa shape index (κ1) is 15.9. The van der Waals surface area contributed by atoms with Gasteiger partial charge in [0.25, 0.3) is 0 Å². The number of nitrogens with zero attached hydrogens (tertiary/aromatic N) is 2. The molecule has 1 aliphatic rings. The van der Waals surface area contributed by atoms with Gasteiger partial charge in [-0.05, 0) is 43.0 Å². The molecule has 0 radical (unpaired) electrons. The number of aliphatic hydroxyl groups excluding tert-OH is 1. The second kappa shape index (κ2) is 6.62. The van der Waals surface area contributed by atoms with Gasteiger partial charge < -0.3 is 19.9 Å². The summed E-state index contributed by atoms with van der Waals surface area (Å²) in [4.78, 5) is 14.1. The zero-order valence-corrected chi connectivity index (χ0v) is 13.8. The van der Waals surface area contributed by atoms with Crippen molar-refractivity contribution >= 4 is 22.6 Å². The zero-order chi connectivity index (χ0) is 16.4. The Morgan fingerprint density at radius 1 is 1.39 bits per heavy atom. The molecule has 23 heavy (non-hydrogen) atoms. The second-order valence-electron chi connectivity index (χ2n) is 6.71. The van der Waals surface area contributed by atoms with Crippen LogP contribution in [0.4, 0.5) is 10.5 Å². The minimum absolute atomic E-state index is 0.001000. The van der Waals surface area contributed by atoms with E-state index < -0.39 is 0 Å². The van der Waals surface area contributed by atoms with E-state index in [1.54, 1.807) is 4.90 Å². The predicted molar refractivity (Wildman–Crippen MR) is 92.6 cm³/mol. The van der Waals surface area contributed by atoms with Crippen molar-refractivity contribution < 1.29 is 9.90 Å². The van der Waals surface area contributed by atoms with Crippen molar-refractivity contribution in [2.24, 2.45) is 5.92 Å². The summed E-state index contributed by atoms with van der Waals surface area (Å²) >= 11 is 0. The SMILES string of the molecule is CC(C)Cn1ccc2cc(NC(=O)N(CCO)C3CC3)ccc21. The van der Waals surface area contributed by atoms with Crippen LogP contribution in [0.1, 0.15) is 26.7 Å². The number of fused-ring (bicyclic) bond motifs is 1. The maximum Gasteiger partial charge on any atom is 0.322 e. The Balaban J connectivity index is 1.74. The Hall–Kier alpha value is -2.01. The zero-order valence-electron chi connectivity index (χ0n) is 13.8. The average molecular weight is 315 g/mol. The van der Waals surface area contributed by atoms with Crippen molar-refractivity contribution in [3.05, 3.63) is 30.5 Å². The molecule has 1 saturated carbocycles. The first-order valence-electron chi connectivity index (χ1n) is 8.36. The number of hydrogen-bond acceptors (Lipinski definition) is 2. The number of aliphatic hydroxyl groups is 1. The van der Waals surface area contributed by atoms with Gasteiger partial charge in [0.2, 0.25) is 0 Å². The van der Waals surface area contributed by atoms with Gasteiger partial charge in [-0.3, -0.25) is 0 Å². The molecular weight excluding hydrogens is 290 g/mol. The largest absolute Gasteiger partial charge is 0.395 e. The summed E-state index contributed by atoms with van der Waals surface area (Å²) in [7, 11) is 0. The molecule has 0 bridgehead atoms. The van der Waals surface area contributed by atoms with E-state index in [2.05, 4.69) is 42.1 Å². The second-order valence-corrected chi connectivity index (χ2v) is 6.71. The molecule has 2 N–H and O–H groups in total. The van der Waals surface area contributed by atoms with Crippen molar-refractivity contribution in [1.29, 1.82) is 0 Å². The van der Waals surface area contributed by atoms with Gasteiger partial charge in [0, 0.05) is 41.9 Å². The fourth-order valence-electron chi connectivity index (χ4n) is 2.97. The highest BCUT2D eigenvalue weighted by Crippen LogP contribution is 2.28. The maximum atomic E-state index is 12.4. The van der Waals surface area contributed by atoms with Gasteiger partial charge in [-0.2, -0.15) is 0 Å². The molecule has 5 heteroatoms. The van der Waals surface area contributed by atoms with E-state index in [4.69, 9.17) is 5.11 Å². The van der Waals surface area contributed by atoms with E-state index >= 15 is 0 Å². The van der Waals surface area contributed by atoms with Crippen molar-refractivity contribution in [2.45, 2.75) is 39.3 Å². The smallest absolute Gasteiger partial charge is 0.322 e. The topological polar surface area (TPSA) is 57.5 Å². The van der Waals surface area contributed by atoms with Crippen LogP contribution in [-0.2, 0) is 6.54 Å². The van der Waals surface area contributed by atoms with Crippen LogP contribution in [0.5, 0.6) is 0 Å². The molecule has 5 nitrogen and oxygen atoms in total. The Morgan fingerprint density at radius 2 is 2.17 bits per heavy atom. The van der Waals surface area contributed by atoms with Crippen LogP contribution < -0.4 is 5.32 Å². The van der Waals surface area contributed by atoms with Gasteiger partial charge >= 0.3 is 6.03 Å². The molecule has 0 unspecified atom stereocenters. The predicted octanol–water partition coefficient (Wildman–Crippen LogP) is 3.29. The number of hydrogen-bond donors (Lipinski definition) is 2. The quantitative estimate of drug-likeness (QED) is 0.859. The number of carbonyl (C=O) groups is 1. The van der Waals surface area contributed by atoms with Gasteiger partial charge in [0.15, 0.2) is 0 Å². The van der Waals surface area contributed by atoms with E-state index in [0.717, 1.165) is 30.5 Å². The lowest BCUT2D eigenvalue weighted by molar-refractivity contribution is 0.185. The van der Waals surface area contributed by atoms with Crippen molar-refractivity contribution in [1.82, 2.24) is 9.47 Å². The summed E-state index contributed by atoms with van der Waals surface area (Å²) < 4.78 is 2.24. The summed E-state index contributed by atoms with van der Waals surface area (Å²) in [5.74, 6) is 0.593. The third kappa shape index (κ3) is 3.67. The lowest BCUT2D eigenvalue weighted by Crippen LogP contribution is -2.38. The third-order valence-electron chi connectivity index (χ3n) is 4.17. The van der Waals surface area contributed by atoms with Crippen LogP contribution >= 0.6 is 0 Å². The molecule has 1 fully saturated rings. The van der Waals surface area contributed by atoms with E-state index in [9.17, 15) is 4.79 Å². The van der Waals surface area contributed by atoms with E-state index in [0.29, 0.717) is 12.5 Å². The Labute approximate surface area is 136 Å². The molecule has 1 aromatic carbocycles. The van der Waals surface area contributed by atoms with Crippen LogP contribution in [0.3, 0.4) is 0 Å². The van der Waals surface area contributed by atoms with Gasteiger partial charge in [0.05, 0.1) is 6.61 Å². The fraction of sp³-hybridized carbons (Fsp3) is 0.500. The normalized spacial score (nSPS) is 14.4. The van der Waals surface area contributed by atoms with Crippen LogP contribution in [0.25, 0.3) is 10.9 Å². The van der Waals surface area contributed by atoms with E-state index in [1.165, 1.54) is 5.52 Å². The number of carbonyl (C=O) groups excluding carboxylic acids is 1. The number of benzene rings is 1. The third-order valence-corrected chi connectivity index (χ3v) is 4.17. The first-order valence-corrected chi connectivity index (χ1v) is 8.36. The van der Waals surface area contributed by atoms with Crippen molar-refractivity contribution in [3.8, 4) is 0 Å². The van der Waals surface area contributed by atoms with Gasteiger partial charge in [-0.1, -0.05) is 13.8 Å². The van der Waals surface area contributed by atoms with E-state index in [-0.39, 0.29) is 18.7 Å². The Morgan fingerprint density at radius 3 is 2.83 bits per heavy atom. The lowest BCUT2D eigenvalue weighted by atomic mass is 10.2. The molecule has 1 heterocycles. The minimum atomic E-state index is -0.123. The summed E-state index contributed by atoms with van der Waals surface area (Å²) in [6.45, 7) is 5.79. The molecule has 0 aliphatic heterocycles. The van der Waals surface area contributed by atoms with Crippen LogP contribution in [0, 0.1) is 5.92 Å². The average Bonchev–Trinajstić information content (AvgIpc) is 3.27. The number of anilines is 1. The Kier molecular flexibility index (Phi) is 4.57. The molecule has 0 atom stereocenters. The summed E-state index contributed by atoms with van der Waals surface area (Å²) in [5.41, 5.74) is 1.99. The van der Waals surface area contributed by atoms with Crippen LogP contribution in [0.2, 0.25) is 0 Å². The summed E-state index contributed by atoms with van der Waals surface area (Å²) in [6, 6.07) is 8.26. The standard InChI is InChI=1S/C18H25N3O2/c1-13(2)12-20-8-7-14-11-15(3-6-17(14)20)19-18(23)21(9-10-22)16-4-5-16/h3,6-8,11,13,16,22H,4-5,9-10,12H2,1-2H3,(H,19,23). The van der Waals surface area contributed by atoms with Gasteiger partial charge in [-0.25, -0.2) is 4.79 Å². The minimum Gasteiger partial charge on any atom is -0.395 e. The first-order chi connectivity index (χ1) is 11.1. The van der Waals surface area contributed by atoms with Gasteiger partial charge in [-0.15, -0.1) is 0 Å². The molecule has 0 saturated heterocycles. The molecule has 1 aromatic heterocycles. The number of amides is 2. The summed E-state index contributed by atoms with van der Waals surface area (Å²) in [6.07, 6.45) is 4.16. The Bertz CT molecular complexity index is 689. The highest BCUT2D eigenvalue weighted by atomic mass is 16.3. The summed E-state index contributed by atoms with van der Waals surface area (Å²) in [5, 5.41) is 13.2. The van der Waals surface area contributed by atoms with Gasteiger partial charge in [0.1, 0.15) is 0 Å². The van der Waals surface area contributed by atoms with Crippen LogP contribution in [-0.4, -0.2) is 39.8 Å². The molecule has 2 amide bonds. The number of rotatable bonds is 6. The molecular formula is C18H25N3O2. The van der Waals surface area contributed by atoms with Crippen LogP contribution in [0.15, 0.2) is 30.5 Å². The molecule has 2 aromatic rings. The molecule has 0 spiro atoms. The molecule has 124 valence electrons. The molecule has 3 rings (SSSR count). The highest BCUT2D eigenvalue weighted by molar-refractivity contribution is 5.93. The monoisotopic (exact) mass is 315 g/mol. The van der Waals surface area contributed by atoms with E-state index in [1.807, 2.05) is 12.1 Å². The number of urea groups is 1. The number of aromatic nitrogens is 1. The van der Waals surface area contributed by atoms with Crippen molar-refractivity contribution in [2.75, 3.05) is 18.5 Å². The van der Waals surface area contributed by atoms with Crippen molar-refractivity contribution in [3.63, 3.8) is 0 Å². The highest BCUT2D eigenvalue weighted by Gasteiger charge is 2.32. The fourth-order valence-corrected chi connectivity index (χ4v) is 2.97. The number of nitrogens with one attached hydrogen (secondary N) is 1.